The summed E-state index contributed by atoms with van der Waals surface area (Å²) in [5, 5.41) is 6.25. The van der Waals surface area contributed by atoms with Crippen LogP contribution in [0, 0.1) is 0 Å². The Kier molecular flexibility index (Phi) is 6.30. The Morgan fingerprint density at radius 2 is 1.60 bits per heavy atom. The molecule has 0 bridgehead atoms. The molecule has 0 aliphatic heterocycles. The minimum absolute atomic E-state index is 0.592. The Morgan fingerprint density at radius 3 is 2.32 bits per heavy atom. The van der Waals surface area contributed by atoms with E-state index in [0.29, 0.717) is 6.04 Å². The van der Waals surface area contributed by atoms with Crippen LogP contribution in [0.3, 0.4) is 0 Å². The Labute approximate surface area is 156 Å². The first-order valence-electron chi connectivity index (χ1n) is 10.9. The largest absolute Gasteiger partial charge is 0.318 e. The fourth-order valence-corrected chi connectivity index (χ4v) is 5.67. The van der Waals surface area contributed by atoms with Gasteiger partial charge >= 0.3 is 0 Å². The second kappa shape index (κ2) is 8.85. The highest BCUT2D eigenvalue weighted by atomic mass is 32.1. The molecule has 25 heavy (non-hydrogen) atoms. The molecule has 3 saturated carbocycles. The van der Waals surface area contributed by atoms with Crippen LogP contribution >= 0.6 is 11.3 Å². The van der Waals surface area contributed by atoms with Gasteiger partial charge in [-0.05, 0) is 38.5 Å². The number of aromatic nitrogens is 1. The lowest BCUT2D eigenvalue weighted by Crippen LogP contribution is -2.31. The van der Waals surface area contributed by atoms with E-state index in [4.69, 9.17) is 4.99 Å². The maximum atomic E-state index is 5.17. The van der Waals surface area contributed by atoms with Crippen molar-refractivity contribution in [3.63, 3.8) is 0 Å². The maximum absolute atomic E-state index is 5.17. The topological polar surface area (TPSA) is 29.3 Å². The minimum atomic E-state index is 0.592. The lowest BCUT2D eigenvalue weighted by molar-refractivity contribution is 0.433. The molecule has 0 spiro atoms. The molecule has 1 N–H and O–H groups in total. The normalized spacial score (nSPS) is 24.6. The van der Waals surface area contributed by atoms with E-state index in [0.717, 1.165) is 18.6 Å². The molecule has 1 aromatic rings. The highest BCUT2D eigenvalue weighted by molar-refractivity contribution is 7.07. The summed E-state index contributed by atoms with van der Waals surface area (Å²) in [5.74, 6) is 0. The zero-order valence-electron chi connectivity index (χ0n) is 15.7. The first-order valence-corrected chi connectivity index (χ1v) is 11.7. The molecule has 0 radical (unpaired) electrons. The summed E-state index contributed by atoms with van der Waals surface area (Å²) >= 11 is 1.90. The van der Waals surface area contributed by atoms with Gasteiger partial charge in [-0.2, -0.15) is 0 Å². The van der Waals surface area contributed by atoms with Crippen LogP contribution in [0.2, 0.25) is 0 Å². The number of thiazole rings is 1. The van der Waals surface area contributed by atoms with Crippen molar-refractivity contribution in [2.75, 3.05) is 6.54 Å². The van der Waals surface area contributed by atoms with Crippen molar-refractivity contribution in [3.05, 3.63) is 15.9 Å². The molecule has 0 amide bonds. The van der Waals surface area contributed by atoms with E-state index < -0.39 is 0 Å². The van der Waals surface area contributed by atoms with Crippen LogP contribution in [-0.4, -0.2) is 23.2 Å². The number of nitrogens with zero attached hydrogens (tertiary/aromatic N) is 2. The predicted octanol–water partition coefficient (Wildman–Crippen LogP) is 4.97. The lowest BCUT2D eigenvalue weighted by atomic mass is 9.96. The van der Waals surface area contributed by atoms with Crippen molar-refractivity contribution in [2.45, 2.75) is 108 Å². The van der Waals surface area contributed by atoms with Gasteiger partial charge in [-0.1, -0.05) is 44.9 Å². The lowest BCUT2D eigenvalue weighted by Gasteiger charge is -2.18. The molecule has 1 aromatic heterocycles. The van der Waals surface area contributed by atoms with E-state index in [1.54, 1.807) is 0 Å². The average molecular weight is 362 g/mol. The van der Waals surface area contributed by atoms with Gasteiger partial charge in [-0.15, -0.1) is 11.3 Å². The monoisotopic (exact) mass is 361 g/mol. The number of hydrogen-bond acceptors (Lipinski definition) is 3. The van der Waals surface area contributed by atoms with Crippen LogP contribution in [-0.2, 0) is 6.42 Å². The summed E-state index contributed by atoms with van der Waals surface area (Å²) in [7, 11) is 0. The first-order chi connectivity index (χ1) is 12.4. The summed E-state index contributed by atoms with van der Waals surface area (Å²) < 4.78 is 2.61. The van der Waals surface area contributed by atoms with Gasteiger partial charge in [0.15, 0.2) is 4.80 Å². The third-order valence-electron chi connectivity index (χ3n) is 6.26. The van der Waals surface area contributed by atoms with Crippen molar-refractivity contribution in [1.82, 2.24) is 9.88 Å². The molecule has 0 saturated heterocycles. The summed E-state index contributed by atoms with van der Waals surface area (Å²) in [6.45, 7) is 1.14. The van der Waals surface area contributed by atoms with Gasteiger partial charge in [0, 0.05) is 36.1 Å². The summed E-state index contributed by atoms with van der Waals surface area (Å²) in [5.41, 5.74) is 1.53. The average Bonchev–Trinajstić information content (AvgIpc) is 3.44. The Morgan fingerprint density at radius 1 is 0.920 bits per heavy atom. The van der Waals surface area contributed by atoms with Crippen molar-refractivity contribution < 1.29 is 0 Å². The number of hydrogen-bond donors (Lipinski definition) is 1. The molecule has 140 valence electrons. The molecular formula is C21H35N3S. The fraction of sp³-hybridized carbons (Fsp3) is 0.857. The first kappa shape index (κ1) is 17.8. The Balaban J connectivity index is 1.38. The van der Waals surface area contributed by atoms with E-state index >= 15 is 0 Å². The fourth-order valence-electron chi connectivity index (χ4n) is 4.61. The number of rotatable bonds is 6. The van der Waals surface area contributed by atoms with E-state index in [1.807, 2.05) is 11.3 Å². The van der Waals surface area contributed by atoms with E-state index in [1.165, 1.54) is 100 Å². The van der Waals surface area contributed by atoms with Gasteiger partial charge in [0.1, 0.15) is 0 Å². The zero-order valence-corrected chi connectivity index (χ0v) is 16.5. The molecule has 4 heteroatoms. The molecule has 0 aromatic carbocycles. The van der Waals surface area contributed by atoms with Gasteiger partial charge in [0.05, 0.1) is 6.04 Å². The third-order valence-corrected chi connectivity index (χ3v) is 7.17. The van der Waals surface area contributed by atoms with E-state index in [-0.39, 0.29) is 0 Å². The molecule has 3 aliphatic rings. The molecule has 3 fully saturated rings. The van der Waals surface area contributed by atoms with Crippen LogP contribution in [0.5, 0.6) is 0 Å². The molecule has 3 aliphatic carbocycles. The van der Waals surface area contributed by atoms with Gasteiger partial charge in [-0.3, -0.25) is 4.99 Å². The summed E-state index contributed by atoms with van der Waals surface area (Å²) in [4.78, 5) is 6.49. The quantitative estimate of drug-likeness (QED) is 0.712. The summed E-state index contributed by atoms with van der Waals surface area (Å²) in [6.07, 6.45) is 19.2. The highest BCUT2D eigenvalue weighted by Crippen LogP contribution is 2.35. The molecule has 0 unspecified atom stereocenters. The van der Waals surface area contributed by atoms with Gasteiger partial charge in [0.25, 0.3) is 0 Å². The van der Waals surface area contributed by atoms with Gasteiger partial charge in [0.2, 0.25) is 0 Å². The van der Waals surface area contributed by atoms with Crippen LogP contribution < -0.4 is 10.1 Å². The predicted molar refractivity (Wildman–Crippen MR) is 106 cm³/mol. The second-order valence-corrected chi connectivity index (χ2v) is 9.26. The van der Waals surface area contributed by atoms with Crippen LogP contribution in [0.4, 0.5) is 0 Å². The molecular weight excluding hydrogens is 326 g/mol. The highest BCUT2D eigenvalue weighted by Gasteiger charge is 2.27. The SMILES string of the molecule is c1sc(=NC2CCCCC2)n(C2CC2)c1CCNC1CCCCCC1. The van der Waals surface area contributed by atoms with Crippen molar-refractivity contribution in [3.8, 4) is 0 Å². The number of nitrogens with one attached hydrogen (secondary N) is 1. The molecule has 1 heterocycles. The maximum Gasteiger partial charge on any atom is 0.185 e. The molecule has 3 nitrogen and oxygen atoms in total. The zero-order chi connectivity index (χ0) is 16.9. The second-order valence-electron chi connectivity index (χ2n) is 8.42. The molecule has 0 atom stereocenters. The van der Waals surface area contributed by atoms with Crippen molar-refractivity contribution in [2.24, 2.45) is 4.99 Å². The van der Waals surface area contributed by atoms with Crippen LogP contribution in [0.1, 0.15) is 95.2 Å². The standard InChI is InChI=1S/C21H35N3S/c1-2-5-9-17(8-4-1)22-15-14-20-16-25-21(24(20)19-12-13-19)23-18-10-6-3-7-11-18/h16-19,22H,1-15H2. The summed E-state index contributed by atoms with van der Waals surface area (Å²) in [6, 6.07) is 2.11. The smallest absolute Gasteiger partial charge is 0.185 e. The van der Waals surface area contributed by atoms with Crippen LogP contribution in [0.15, 0.2) is 10.4 Å². The van der Waals surface area contributed by atoms with Crippen LogP contribution in [0.25, 0.3) is 0 Å². The van der Waals surface area contributed by atoms with Crippen molar-refractivity contribution in [1.29, 1.82) is 0 Å². The van der Waals surface area contributed by atoms with Crippen molar-refractivity contribution >= 4 is 11.3 Å². The van der Waals surface area contributed by atoms with Gasteiger partial charge in [-0.25, -0.2) is 0 Å². The Hall–Kier alpha value is -0.610. The van der Waals surface area contributed by atoms with E-state index in [9.17, 15) is 0 Å². The Bertz CT molecular complexity index is 585. The minimum Gasteiger partial charge on any atom is -0.318 e. The third kappa shape index (κ3) is 4.97. The molecule has 4 rings (SSSR count). The van der Waals surface area contributed by atoms with Gasteiger partial charge < -0.3 is 9.88 Å². The van der Waals surface area contributed by atoms with E-state index in [2.05, 4.69) is 15.3 Å².